The number of rotatable bonds is 7. The first-order valence-electron chi connectivity index (χ1n) is 7.99. The minimum Gasteiger partial charge on any atom is -0.497 e. The number of hydrogen-bond acceptors (Lipinski definition) is 6. The number of methoxy groups -OCH3 is 1. The van der Waals surface area contributed by atoms with E-state index in [-0.39, 0.29) is 5.91 Å². The van der Waals surface area contributed by atoms with Gasteiger partial charge in [0.25, 0.3) is 0 Å². The van der Waals surface area contributed by atoms with Gasteiger partial charge >= 0.3 is 0 Å². The van der Waals surface area contributed by atoms with Gasteiger partial charge in [-0.1, -0.05) is 0 Å². The van der Waals surface area contributed by atoms with Gasteiger partial charge in [0.1, 0.15) is 12.1 Å². The summed E-state index contributed by atoms with van der Waals surface area (Å²) in [6, 6.07) is 13.3. The van der Waals surface area contributed by atoms with Crippen molar-refractivity contribution in [1.29, 1.82) is 0 Å². The zero-order valence-electron chi connectivity index (χ0n) is 14.3. The zero-order chi connectivity index (χ0) is 18.2. The molecule has 1 amide bonds. The second-order valence-electron chi connectivity index (χ2n) is 5.37. The molecule has 0 aliphatic carbocycles. The highest BCUT2D eigenvalue weighted by molar-refractivity contribution is 8.00. The van der Waals surface area contributed by atoms with Crippen molar-refractivity contribution in [3.05, 3.63) is 66.9 Å². The average Bonchev–Trinajstić information content (AvgIpc) is 2.72. The number of ether oxygens (including phenoxy) is 1. The molecule has 7 heteroatoms. The molecular weight excluding hydrogens is 348 g/mol. The van der Waals surface area contributed by atoms with Crippen LogP contribution in [0.25, 0.3) is 11.3 Å². The third-order valence-corrected chi connectivity index (χ3v) is 4.61. The van der Waals surface area contributed by atoms with Crippen LogP contribution in [0.3, 0.4) is 0 Å². The van der Waals surface area contributed by atoms with E-state index in [1.807, 2.05) is 42.5 Å². The molecule has 1 aromatic carbocycles. The van der Waals surface area contributed by atoms with Crippen LogP contribution in [-0.4, -0.2) is 33.7 Å². The maximum Gasteiger partial charge on any atom is 0.230 e. The van der Waals surface area contributed by atoms with Gasteiger partial charge in [0.15, 0.2) is 0 Å². The molecule has 3 rings (SSSR count). The van der Waals surface area contributed by atoms with E-state index >= 15 is 0 Å². The van der Waals surface area contributed by atoms with Gasteiger partial charge in [-0.15, -0.1) is 11.8 Å². The number of nitrogens with one attached hydrogen (secondary N) is 1. The minimum absolute atomic E-state index is 0.0450. The molecule has 0 aliphatic heterocycles. The van der Waals surface area contributed by atoms with Crippen LogP contribution in [0.15, 0.2) is 66.1 Å². The predicted molar refractivity (Wildman–Crippen MR) is 101 cm³/mol. The third kappa shape index (κ3) is 5.03. The first kappa shape index (κ1) is 17.9. The molecule has 0 radical (unpaired) electrons. The Kier molecular flexibility index (Phi) is 6.16. The number of amides is 1. The Hall–Kier alpha value is -2.93. The SMILES string of the molecule is COc1ccc(-c2cc(CNC(=O)CSc3ccncc3)ncn2)cc1. The summed E-state index contributed by atoms with van der Waals surface area (Å²) in [6.45, 7) is 0.363. The van der Waals surface area contributed by atoms with Crippen LogP contribution in [0.1, 0.15) is 5.69 Å². The smallest absolute Gasteiger partial charge is 0.230 e. The van der Waals surface area contributed by atoms with Gasteiger partial charge in [-0.2, -0.15) is 0 Å². The van der Waals surface area contributed by atoms with E-state index in [1.54, 1.807) is 19.5 Å². The molecule has 0 unspecified atom stereocenters. The van der Waals surface area contributed by atoms with Gasteiger partial charge in [-0.3, -0.25) is 9.78 Å². The molecule has 3 aromatic rings. The van der Waals surface area contributed by atoms with Crippen molar-refractivity contribution in [2.75, 3.05) is 12.9 Å². The van der Waals surface area contributed by atoms with Crippen LogP contribution in [0.5, 0.6) is 5.75 Å². The summed E-state index contributed by atoms with van der Waals surface area (Å²) < 4.78 is 5.16. The van der Waals surface area contributed by atoms with Gasteiger partial charge in [-0.05, 0) is 42.5 Å². The van der Waals surface area contributed by atoms with Gasteiger partial charge in [0.2, 0.25) is 5.91 Å². The molecular formula is C19H18N4O2S. The number of benzene rings is 1. The second kappa shape index (κ2) is 8.96. The quantitative estimate of drug-likeness (QED) is 0.648. The molecule has 0 atom stereocenters. The fraction of sp³-hybridized carbons (Fsp3) is 0.158. The number of nitrogens with zero attached hydrogens (tertiary/aromatic N) is 3. The molecule has 26 heavy (non-hydrogen) atoms. The van der Waals surface area contributed by atoms with E-state index < -0.39 is 0 Å². The maximum atomic E-state index is 12.0. The fourth-order valence-corrected chi connectivity index (χ4v) is 2.95. The van der Waals surface area contributed by atoms with Crippen LogP contribution in [0.2, 0.25) is 0 Å². The van der Waals surface area contributed by atoms with Crippen molar-refractivity contribution in [2.45, 2.75) is 11.4 Å². The number of hydrogen-bond donors (Lipinski definition) is 1. The summed E-state index contributed by atoms with van der Waals surface area (Å²) in [4.78, 5) is 25.5. The summed E-state index contributed by atoms with van der Waals surface area (Å²) in [7, 11) is 1.63. The minimum atomic E-state index is -0.0450. The largest absolute Gasteiger partial charge is 0.497 e. The number of aromatic nitrogens is 3. The van der Waals surface area contributed by atoms with Crippen LogP contribution >= 0.6 is 11.8 Å². The lowest BCUT2D eigenvalue weighted by atomic mass is 10.1. The fourth-order valence-electron chi connectivity index (χ4n) is 2.24. The predicted octanol–water partition coefficient (Wildman–Crippen LogP) is 2.96. The van der Waals surface area contributed by atoms with Gasteiger partial charge in [-0.25, -0.2) is 9.97 Å². The first-order valence-corrected chi connectivity index (χ1v) is 8.98. The Morgan fingerprint density at radius 1 is 1.12 bits per heavy atom. The number of carbonyl (C=O) groups excluding carboxylic acids is 1. The van der Waals surface area contributed by atoms with Crippen LogP contribution in [-0.2, 0) is 11.3 Å². The monoisotopic (exact) mass is 366 g/mol. The molecule has 1 N–H and O–H groups in total. The topological polar surface area (TPSA) is 77.0 Å². The molecule has 0 spiro atoms. The standard InChI is InChI=1S/C19H18N4O2S/c1-25-16-4-2-14(3-5-16)18-10-15(22-13-23-18)11-21-19(24)12-26-17-6-8-20-9-7-17/h2-10,13H,11-12H2,1H3,(H,21,24). The molecule has 0 saturated heterocycles. The molecule has 6 nitrogen and oxygen atoms in total. The van der Waals surface area contributed by atoms with Crippen molar-refractivity contribution < 1.29 is 9.53 Å². The van der Waals surface area contributed by atoms with Crippen molar-refractivity contribution in [3.63, 3.8) is 0 Å². The van der Waals surface area contributed by atoms with Crippen molar-refractivity contribution in [1.82, 2.24) is 20.3 Å². The maximum absolute atomic E-state index is 12.0. The summed E-state index contributed by atoms with van der Waals surface area (Å²) in [5, 5.41) is 2.88. The summed E-state index contributed by atoms with van der Waals surface area (Å²) in [5.74, 6) is 1.10. The summed E-state index contributed by atoms with van der Waals surface area (Å²) in [6.07, 6.45) is 4.93. The Balaban J connectivity index is 1.55. The zero-order valence-corrected chi connectivity index (χ0v) is 15.1. The van der Waals surface area contributed by atoms with E-state index in [0.717, 1.165) is 27.6 Å². The van der Waals surface area contributed by atoms with E-state index in [0.29, 0.717) is 12.3 Å². The lowest BCUT2D eigenvalue weighted by molar-refractivity contribution is -0.118. The van der Waals surface area contributed by atoms with Crippen LogP contribution < -0.4 is 10.1 Å². The Morgan fingerprint density at radius 3 is 2.62 bits per heavy atom. The molecule has 2 aromatic heterocycles. The lowest BCUT2D eigenvalue weighted by Crippen LogP contribution is -2.25. The highest BCUT2D eigenvalue weighted by atomic mass is 32.2. The van der Waals surface area contributed by atoms with Gasteiger partial charge in [0, 0.05) is 22.9 Å². The Morgan fingerprint density at radius 2 is 1.88 bits per heavy atom. The van der Waals surface area contributed by atoms with Gasteiger partial charge < -0.3 is 10.1 Å². The average molecular weight is 366 g/mol. The molecule has 0 bridgehead atoms. The van der Waals surface area contributed by atoms with Crippen molar-refractivity contribution >= 4 is 17.7 Å². The van der Waals surface area contributed by atoms with Crippen molar-refractivity contribution in [2.24, 2.45) is 0 Å². The van der Waals surface area contributed by atoms with E-state index in [4.69, 9.17) is 4.74 Å². The van der Waals surface area contributed by atoms with Gasteiger partial charge in [0.05, 0.1) is 30.8 Å². The molecule has 0 fully saturated rings. The number of carbonyl (C=O) groups is 1. The van der Waals surface area contributed by atoms with E-state index in [2.05, 4.69) is 20.3 Å². The normalized spacial score (nSPS) is 10.3. The first-order chi connectivity index (χ1) is 12.7. The Bertz CT molecular complexity index is 857. The molecule has 2 heterocycles. The second-order valence-corrected chi connectivity index (χ2v) is 6.42. The molecule has 0 aliphatic rings. The van der Waals surface area contributed by atoms with E-state index in [9.17, 15) is 4.79 Å². The molecule has 132 valence electrons. The van der Waals surface area contributed by atoms with E-state index in [1.165, 1.54) is 18.1 Å². The Labute approximate surface area is 156 Å². The number of thioether (sulfide) groups is 1. The van der Waals surface area contributed by atoms with Crippen molar-refractivity contribution in [3.8, 4) is 17.0 Å². The summed E-state index contributed by atoms with van der Waals surface area (Å²) in [5.41, 5.74) is 2.53. The highest BCUT2D eigenvalue weighted by Crippen LogP contribution is 2.20. The van der Waals surface area contributed by atoms with Crippen LogP contribution in [0.4, 0.5) is 0 Å². The third-order valence-electron chi connectivity index (χ3n) is 3.60. The lowest BCUT2D eigenvalue weighted by Gasteiger charge is -2.07. The molecule has 0 saturated carbocycles. The van der Waals surface area contributed by atoms with Crippen LogP contribution in [0, 0.1) is 0 Å². The summed E-state index contributed by atoms with van der Waals surface area (Å²) >= 11 is 1.47. The highest BCUT2D eigenvalue weighted by Gasteiger charge is 2.06. The number of pyridine rings is 1.